The number of ether oxygens (including phenoxy) is 1. The van der Waals surface area contributed by atoms with Crippen LogP contribution in [0.15, 0.2) is 40.9 Å². The van der Waals surface area contributed by atoms with Crippen molar-refractivity contribution < 1.29 is 4.74 Å². The standard InChI is InChI=1S/C16H16BrCl2NO/c1-2-11(20)6-10-4-3-5-12(7-10)21-16-9-14(18)13(17)8-15(16)19/h3-5,7-9,11H,2,6,20H2,1H3. The summed E-state index contributed by atoms with van der Waals surface area (Å²) < 4.78 is 6.56. The van der Waals surface area contributed by atoms with Crippen molar-refractivity contribution in [1.29, 1.82) is 0 Å². The van der Waals surface area contributed by atoms with E-state index < -0.39 is 0 Å². The van der Waals surface area contributed by atoms with Gasteiger partial charge in [-0.1, -0.05) is 42.3 Å². The Kier molecular flexibility index (Phi) is 5.94. The number of nitrogens with two attached hydrogens (primary N) is 1. The van der Waals surface area contributed by atoms with Gasteiger partial charge in [0.2, 0.25) is 0 Å². The molecule has 2 nitrogen and oxygen atoms in total. The first-order chi connectivity index (χ1) is 9.99. The molecule has 2 N–H and O–H groups in total. The Morgan fingerprint density at radius 3 is 2.67 bits per heavy atom. The lowest BCUT2D eigenvalue weighted by Gasteiger charge is -2.12. The predicted octanol–water partition coefficient (Wildman–Crippen LogP) is 5.83. The van der Waals surface area contributed by atoms with E-state index in [9.17, 15) is 0 Å². The summed E-state index contributed by atoms with van der Waals surface area (Å²) in [6.07, 6.45) is 1.77. The number of halogens is 3. The van der Waals surface area contributed by atoms with E-state index in [1.54, 1.807) is 12.1 Å². The smallest absolute Gasteiger partial charge is 0.147 e. The van der Waals surface area contributed by atoms with E-state index in [1.165, 1.54) is 0 Å². The van der Waals surface area contributed by atoms with Gasteiger partial charge in [0, 0.05) is 16.6 Å². The van der Waals surface area contributed by atoms with Crippen molar-refractivity contribution in [3.05, 3.63) is 56.5 Å². The molecule has 0 aliphatic rings. The van der Waals surface area contributed by atoms with Crippen LogP contribution in [0.5, 0.6) is 11.5 Å². The lowest BCUT2D eigenvalue weighted by Crippen LogP contribution is -2.21. The summed E-state index contributed by atoms with van der Waals surface area (Å²) in [5, 5.41) is 1.06. The van der Waals surface area contributed by atoms with Crippen LogP contribution in [0.2, 0.25) is 10.0 Å². The van der Waals surface area contributed by atoms with Crippen molar-refractivity contribution in [2.45, 2.75) is 25.8 Å². The van der Waals surface area contributed by atoms with Gasteiger partial charge in [0.25, 0.3) is 0 Å². The van der Waals surface area contributed by atoms with Gasteiger partial charge in [-0.15, -0.1) is 0 Å². The maximum Gasteiger partial charge on any atom is 0.147 e. The highest BCUT2D eigenvalue weighted by Crippen LogP contribution is 2.36. The highest BCUT2D eigenvalue weighted by Gasteiger charge is 2.09. The molecule has 1 unspecified atom stereocenters. The molecule has 2 aromatic rings. The Labute approximate surface area is 143 Å². The van der Waals surface area contributed by atoms with Crippen LogP contribution < -0.4 is 10.5 Å². The fourth-order valence-electron chi connectivity index (χ4n) is 1.89. The highest BCUT2D eigenvalue weighted by molar-refractivity contribution is 9.10. The van der Waals surface area contributed by atoms with E-state index in [0.717, 1.165) is 28.6 Å². The van der Waals surface area contributed by atoms with Gasteiger partial charge in [-0.25, -0.2) is 0 Å². The Morgan fingerprint density at radius 1 is 1.19 bits per heavy atom. The molecule has 0 aliphatic carbocycles. The molecule has 2 aromatic carbocycles. The van der Waals surface area contributed by atoms with Crippen molar-refractivity contribution >= 4 is 39.1 Å². The maximum absolute atomic E-state index is 6.16. The average Bonchev–Trinajstić information content (AvgIpc) is 2.45. The summed E-state index contributed by atoms with van der Waals surface area (Å²) >= 11 is 15.6. The van der Waals surface area contributed by atoms with Crippen LogP contribution in [0.3, 0.4) is 0 Å². The summed E-state index contributed by atoms with van der Waals surface area (Å²) in [4.78, 5) is 0. The molecule has 2 rings (SSSR count). The lowest BCUT2D eigenvalue weighted by molar-refractivity contribution is 0.481. The molecule has 0 aromatic heterocycles. The summed E-state index contributed by atoms with van der Waals surface area (Å²) in [7, 11) is 0. The number of benzene rings is 2. The van der Waals surface area contributed by atoms with Crippen molar-refractivity contribution in [3.8, 4) is 11.5 Å². The topological polar surface area (TPSA) is 35.2 Å². The van der Waals surface area contributed by atoms with Crippen LogP contribution in [-0.2, 0) is 6.42 Å². The Balaban J connectivity index is 2.20. The van der Waals surface area contributed by atoms with E-state index in [4.69, 9.17) is 33.7 Å². The minimum absolute atomic E-state index is 0.158. The van der Waals surface area contributed by atoms with Gasteiger partial charge in [-0.3, -0.25) is 0 Å². The number of hydrogen-bond donors (Lipinski definition) is 1. The van der Waals surface area contributed by atoms with Crippen molar-refractivity contribution in [3.63, 3.8) is 0 Å². The monoisotopic (exact) mass is 387 g/mol. The molecular formula is C16H16BrCl2NO. The molecule has 0 saturated carbocycles. The molecule has 1 atom stereocenters. The molecule has 5 heteroatoms. The van der Waals surface area contributed by atoms with Gasteiger partial charge in [0.15, 0.2) is 0 Å². The summed E-state index contributed by atoms with van der Waals surface area (Å²) in [6.45, 7) is 2.08. The predicted molar refractivity (Wildman–Crippen MR) is 92.6 cm³/mol. The molecular weight excluding hydrogens is 373 g/mol. The van der Waals surface area contributed by atoms with Crippen LogP contribution >= 0.6 is 39.1 Å². The van der Waals surface area contributed by atoms with Crippen LogP contribution in [-0.4, -0.2) is 6.04 Å². The SMILES string of the molecule is CCC(N)Cc1cccc(Oc2cc(Cl)c(Br)cc2Cl)c1. The molecule has 0 saturated heterocycles. The second kappa shape index (κ2) is 7.50. The van der Waals surface area contributed by atoms with Crippen LogP contribution in [0.25, 0.3) is 0 Å². The second-order valence-electron chi connectivity index (χ2n) is 4.82. The van der Waals surface area contributed by atoms with E-state index in [-0.39, 0.29) is 6.04 Å². The van der Waals surface area contributed by atoms with Crippen LogP contribution in [0.4, 0.5) is 0 Å². The zero-order valence-electron chi connectivity index (χ0n) is 11.6. The number of hydrogen-bond acceptors (Lipinski definition) is 2. The quantitative estimate of drug-likeness (QED) is 0.654. The fourth-order valence-corrected chi connectivity index (χ4v) is 2.72. The van der Waals surface area contributed by atoms with Gasteiger partial charge < -0.3 is 10.5 Å². The first-order valence-corrected chi connectivity index (χ1v) is 8.21. The fraction of sp³-hybridized carbons (Fsp3) is 0.250. The molecule has 21 heavy (non-hydrogen) atoms. The lowest BCUT2D eigenvalue weighted by atomic mass is 10.0. The summed E-state index contributed by atoms with van der Waals surface area (Å²) in [5.41, 5.74) is 7.12. The zero-order valence-corrected chi connectivity index (χ0v) is 14.7. The van der Waals surface area contributed by atoms with Gasteiger partial charge in [-0.2, -0.15) is 0 Å². The van der Waals surface area contributed by atoms with E-state index in [2.05, 4.69) is 22.9 Å². The Morgan fingerprint density at radius 2 is 1.95 bits per heavy atom. The first-order valence-electron chi connectivity index (χ1n) is 6.66. The van der Waals surface area contributed by atoms with E-state index in [0.29, 0.717) is 15.8 Å². The van der Waals surface area contributed by atoms with Crippen molar-refractivity contribution in [1.82, 2.24) is 0 Å². The molecule has 0 aliphatic heterocycles. The van der Waals surface area contributed by atoms with Crippen LogP contribution in [0.1, 0.15) is 18.9 Å². The van der Waals surface area contributed by atoms with Crippen molar-refractivity contribution in [2.24, 2.45) is 5.73 Å². The molecule has 0 radical (unpaired) electrons. The minimum atomic E-state index is 0.158. The first kappa shape index (κ1) is 16.6. The molecule has 0 fully saturated rings. The molecule has 0 spiro atoms. The van der Waals surface area contributed by atoms with Gasteiger partial charge >= 0.3 is 0 Å². The van der Waals surface area contributed by atoms with Gasteiger partial charge in [0.05, 0.1) is 10.0 Å². The zero-order chi connectivity index (χ0) is 15.4. The maximum atomic E-state index is 6.16. The van der Waals surface area contributed by atoms with Crippen molar-refractivity contribution in [2.75, 3.05) is 0 Å². The average molecular weight is 389 g/mol. The van der Waals surface area contributed by atoms with E-state index in [1.807, 2.05) is 24.3 Å². The third-order valence-electron chi connectivity index (χ3n) is 3.12. The third kappa shape index (κ3) is 4.62. The van der Waals surface area contributed by atoms with E-state index >= 15 is 0 Å². The van der Waals surface area contributed by atoms with Gasteiger partial charge in [-0.05, 0) is 52.5 Å². The second-order valence-corrected chi connectivity index (χ2v) is 6.49. The number of rotatable bonds is 5. The Hall–Kier alpha value is -0.740. The highest BCUT2D eigenvalue weighted by atomic mass is 79.9. The largest absolute Gasteiger partial charge is 0.456 e. The molecule has 112 valence electrons. The summed E-state index contributed by atoms with van der Waals surface area (Å²) in [6, 6.07) is 11.4. The summed E-state index contributed by atoms with van der Waals surface area (Å²) in [5.74, 6) is 1.25. The minimum Gasteiger partial charge on any atom is -0.456 e. The van der Waals surface area contributed by atoms with Crippen LogP contribution in [0, 0.1) is 0 Å². The Bertz CT molecular complexity index is 634. The van der Waals surface area contributed by atoms with Gasteiger partial charge in [0.1, 0.15) is 11.5 Å². The molecule has 0 bridgehead atoms. The third-order valence-corrected chi connectivity index (χ3v) is 4.62. The normalized spacial score (nSPS) is 12.2. The molecule has 0 heterocycles. The molecule has 0 amide bonds.